The summed E-state index contributed by atoms with van der Waals surface area (Å²) in [7, 11) is 1.90. The molecule has 1 fully saturated rings. The van der Waals surface area contributed by atoms with E-state index in [1.54, 1.807) is 0 Å². The highest BCUT2D eigenvalue weighted by Crippen LogP contribution is 2.36. The highest BCUT2D eigenvalue weighted by molar-refractivity contribution is 6.08. The molecule has 7 heteroatoms. The standard InChI is InChI=1S/C27H33N5O2/c1-19-16-21(9-10-25(19)34-15-5-6-20-11-13-28-14-12-20)27(33)32-18-22-17-29-31(2)26(22)30-23-7-3-4-8-24(23)32/h3-4,7-10,16-17,20,28,30H,5-6,11-15,18H2,1-2H3. The molecule has 3 heterocycles. The first-order chi connectivity index (χ1) is 16.6. The number of aryl methyl sites for hydroxylation is 2. The molecule has 5 rings (SSSR count). The Kier molecular flexibility index (Phi) is 6.54. The Morgan fingerprint density at radius 1 is 1.18 bits per heavy atom. The lowest BCUT2D eigenvalue weighted by Crippen LogP contribution is -2.30. The van der Waals surface area contributed by atoms with Crippen molar-refractivity contribution in [3.8, 4) is 5.75 Å². The Labute approximate surface area is 201 Å². The first-order valence-electron chi connectivity index (χ1n) is 12.2. The van der Waals surface area contributed by atoms with Crippen LogP contribution in [0.2, 0.25) is 0 Å². The van der Waals surface area contributed by atoms with Gasteiger partial charge in [-0.25, -0.2) is 0 Å². The van der Waals surface area contributed by atoms with Crippen LogP contribution in [0.3, 0.4) is 0 Å². The highest BCUT2D eigenvalue weighted by atomic mass is 16.5. The van der Waals surface area contributed by atoms with Gasteiger partial charge in [-0.3, -0.25) is 9.48 Å². The second kappa shape index (κ2) is 9.89. The highest BCUT2D eigenvalue weighted by Gasteiger charge is 2.27. The smallest absolute Gasteiger partial charge is 0.258 e. The van der Waals surface area contributed by atoms with E-state index in [1.807, 2.05) is 72.2 Å². The normalized spacial score (nSPS) is 15.8. The van der Waals surface area contributed by atoms with Gasteiger partial charge in [0.25, 0.3) is 5.91 Å². The number of rotatable bonds is 6. The van der Waals surface area contributed by atoms with Crippen molar-refractivity contribution in [2.75, 3.05) is 29.9 Å². The van der Waals surface area contributed by atoms with Crippen LogP contribution in [0.4, 0.5) is 17.2 Å². The molecule has 2 aromatic carbocycles. The number of nitrogens with zero attached hydrogens (tertiary/aromatic N) is 3. The van der Waals surface area contributed by atoms with Crippen LogP contribution in [0.5, 0.6) is 5.75 Å². The molecular formula is C27H33N5O2. The third kappa shape index (κ3) is 4.66. The summed E-state index contributed by atoms with van der Waals surface area (Å²) in [5, 5.41) is 11.2. The van der Waals surface area contributed by atoms with Gasteiger partial charge in [-0.2, -0.15) is 5.10 Å². The monoisotopic (exact) mass is 459 g/mol. The molecule has 1 saturated heterocycles. The SMILES string of the molecule is Cc1cc(C(=O)N2Cc3cnn(C)c3Nc3ccccc32)ccc1OCCCC1CCNCC1. The first kappa shape index (κ1) is 22.5. The zero-order valence-electron chi connectivity index (χ0n) is 20.0. The summed E-state index contributed by atoms with van der Waals surface area (Å²) in [4.78, 5) is 15.5. The lowest BCUT2D eigenvalue weighted by Gasteiger charge is -2.23. The van der Waals surface area contributed by atoms with Gasteiger partial charge in [0.2, 0.25) is 0 Å². The molecule has 0 atom stereocenters. The topological polar surface area (TPSA) is 71.4 Å². The average molecular weight is 460 g/mol. The maximum absolute atomic E-state index is 13.7. The molecule has 178 valence electrons. The van der Waals surface area contributed by atoms with Crippen molar-refractivity contribution < 1.29 is 9.53 Å². The summed E-state index contributed by atoms with van der Waals surface area (Å²) in [6.45, 7) is 5.46. The van der Waals surface area contributed by atoms with Crippen LogP contribution in [-0.2, 0) is 13.6 Å². The maximum Gasteiger partial charge on any atom is 0.258 e. The van der Waals surface area contributed by atoms with E-state index in [4.69, 9.17) is 4.74 Å². The summed E-state index contributed by atoms with van der Waals surface area (Å²) in [6, 6.07) is 13.6. The lowest BCUT2D eigenvalue weighted by molar-refractivity contribution is 0.0985. The molecule has 1 aromatic heterocycles. The molecule has 1 amide bonds. The molecule has 2 N–H and O–H groups in total. The van der Waals surface area contributed by atoms with Crippen molar-refractivity contribution >= 4 is 23.1 Å². The lowest BCUT2D eigenvalue weighted by atomic mass is 9.93. The number of aromatic nitrogens is 2. The molecule has 2 aliphatic rings. The third-order valence-electron chi connectivity index (χ3n) is 6.93. The minimum Gasteiger partial charge on any atom is -0.493 e. The number of piperidine rings is 1. The number of amides is 1. The zero-order valence-corrected chi connectivity index (χ0v) is 20.0. The van der Waals surface area contributed by atoms with E-state index in [0.29, 0.717) is 18.7 Å². The van der Waals surface area contributed by atoms with Gasteiger partial charge in [0, 0.05) is 18.2 Å². The number of hydrogen-bond donors (Lipinski definition) is 2. The predicted octanol–water partition coefficient (Wildman–Crippen LogP) is 4.79. The van der Waals surface area contributed by atoms with Crippen molar-refractivity contribution in [3.05, 3.63) is 65.4 Å². The molecule has 0 spiro atoms. The Hall–Kier alpha value is -3.32. The van der Waals surface area contributed by atoms with Gasteiger partial charge in [0.15, 0.2) is 0 Å². The van der Waals surface area contributed by atoms with E-state index < -0.39 is 0 Å². The number of ether oxygens (including phenoxy) is 1. The van der Waals surface area contributed by atoms with Gasteiger partial charge >= 0.3 is 0 Å². The van der Waals surface area contributed by atoms with E-state index in [1.165, 1.54) is 19.3 Å². The van der Waals surface area contributed by atoms with Crippen LogP contribution >= 0.6 is 0 Å². The molecular weight excluding hydrogens is 426 g/mol. The number of hydrogen-bond acceptors (Lipinski definition) is 5. The second-order valence-electron chi connectivity index (χ2n) is 9.34. The van der Waals surface area contributed by atoms with Gasteiger partial charge in [0.1, 0.15) is 11.6 Å². The van der Waals surface area contributed by atoms with E-state index in [-0.39, 0.29) is 5.91 Å². The van der Waals surface area contributed by atoms with Crippen LogP contribution in [-0.4, -0.2) is 35.4 Å². The number of para-hydroxylation sites is 2. The summed E-state index contributed by atoms with van der Waals surface area (Å²) >= 11 is 0. The van der Waals surface area contributed by atoms with Crippen LogP contribution < -0.4 is 20.3 Å². The maximum atomic E-state index is 13.7. The minimum absolute atomic E-state index is 0.0356. The fraction of sp³-hybridized carbons (Fsp3) is 0.407. The van der Waals surface area contributed by atoms with Gasteiger partial charge in [-0.1, -0.05) is 12.1 Å². The summed E-state index contributed by atoms with van der Waals surface area (Å²) in [6.07, 6.45) is 6.64. The number of carbonyl (C=O) groups excluding carboxylic acids is 1. The molecule has 0 bridgehead atoms. The Morgan fingerprint density at radius 2 is 2.00 bits per heavy atom. The molecule has 2 aliphatic heterocycles. The van der Waals surface area contributed by atoms with Crippen molar-refractivity contribution in [3.63, 3.8) is 0 Å². The second-order valence-corrected chi connectivity index (χ2v) is 9.34. The summed E-state index contributed by atoms with van der Waals surface area (Å²) in [5.74, 6) is 2.55. The van der Waals surface area contributed by atoms with Crippen LogP contribution in [0.15, 0.2) is 48.7 Å². The van der Waals surface area contributed by atoms with Crippen LogP contribution in [0.25, 0.3) is 0 Å². The molecule has 0 unspecified atom stereocenters. The van der Waals surface area contributed by atoms with E-state index >= 15 is 0 Å². The average Bonchev–Trinajstić information content (AvgIpc) is 3.10. The zero-order chi connectivity index (χ0) is 23.5. The number of fused-ring (bicyclic) bond motifs is 2. The molecule has 34 heavy (non-hydrogen) atoms. The van der Waals surface area contributed by atoms with Crippen molar-refractivity contribution in [2.45, 2.75) is 39.2 Å². The van der Waals surface area contributed by atoms with Gasteiger partial charge in [-0.15, -0.1) is 0 Å². The number of nitrogens with one attached hydrogen (secondary N) is 2. The van der Waals surface area contributed by atoms with Gasteiger partial charge in [-0.05, 0) is 87.5 Å². The van der Waals surface area contributed by atoms with Crippen molar-refractivity contribution in [1.82, 2.24) is 15.1 Å². The third-order valence-corrected chi connectivity index (χ3v) is 6.93. The quantitative estimate of drug-likeness (QED) is 0.519. The summed E-state index contributed by atoms with van der Waals surface area (Å²) < 4.78 is 7.88. The Bertz CT molecular complexity index is 1170. The molecule has 7 nitrogen and oxygen atoms in total. The summed E-state index contributed by atoms with van der Waals surface area (Å²) in [5.41, 5.74) is 4.37. The van der Waals surface area contributed by atoms with Gasteiger partial charge in [0.05, 0.1) is 30.7 Å². The Morgan fingerprint density at radius 3 is 2.82 bits per heavy atom. The number of carbonyl (C=O) groups is 1. The van der Waals surface area contributed by atoms with E-state index in [2.05, 4.69) is 15.7 Å². The van der Waals surface area contributed by atoms with E-state index in [9.17, 15) is 4.79 Å². The molecule has 0 radical (unpaired) electrons. The minimum atomic E-state index is -0.0356. The first-order valence-corrected chi connectivity index (χ1v) is 12.2. The fourth-order valence-electron chi connectivity index (χ4n) is 4.96. The largest absolute Gasteiger partial charge is 0.493 e. The number of benzene rings is 2. The van der Waals surface area contributed by atoms with Gasteiger partial charge < -0.3 is 20.3 Å². The van der Waals surface area contributed by atoms with E-state index in [0.717, 1.165) is 59.5 Å². The molecule has 0 saturated carbocycles. The van der Waals surface area contributed by atoms with Crippen molar-refractivity contribution in [1.29, 1.82) is 0 Å². The van der Waals surface area contributed by atoms with Crippen molar-refractivity contribution in [2.24, 2.45) is 13.0 Å². The van der Waals surface area contributed by atoms with Crippen LogP contribution in [0.1, 0.15) is 47.2 Å². The molecule has 0 aliphatic carbocycles. The van der Waals surface area contributed by atoms with Crippen LogP contribution in [0, 0.1) is 12.8 Å². The number of anilines is 3. The molecule has 3 aromatic rings. The fourth-order valence-corrected chi connectivity index (χ4v) is 4.96. The Balaban J connectivity index is 1.29. The predicted molar refractivity (Wildman–Crippen MR) is 135 cm³/mol.